The highest BCUT2D eigenvalue weighted by molar-refractivity contribution is 5.89. The van der Waals surface area contributed by atoms with Gasteiger partial charge < -0.3 is 10.6 Å². The molecule has 2 N–H and O–H groups in total. The number of nitro benzene ring substituents is 1. The van der Waals surface area contributed by atoms with E-state index in [2.05, 4.69) is 6.07 Å². The second-order valence-corrected chi connectivity index (χ2v) is 5.87. The van der Waals surface area contributed by atoms with E-state index in [1.807, 2.05) is 6.07 Å². The Morgan fingerprint density at radius 3 is 2.64 bits per heavy atom. The van der Waals surface area contributed by atoms with Crippen LogP contribution in [0.25, 0.3) is 0 Å². The van der Waals surface area contributed by atoms with E-state index in [1.165, 1.54) is 17.0 Å². The van der Waals surface area contributed by atoms with Gasteiger partial charge in [-0.25, -0.2) is 0 Å². The van der Waals surface area contributed by atoms with Gasteiger partial charge in [0.25, 0.3) is 5.69 Å². The lowest BCUT2D eigenvalue weighted by atomic mass is 9.91. The Morgan fingerprint density at radius 1 is 1.28 bits per heavy atom. The number of benzene rings is 2. The maximum absolute atomic E-state index is 12.7. The SMILES string of the molecule is NC(=O)C1c2cc[c]cc2CCN1C(=O)Cc1ccc([N+](=O)[O-])cc1. The maximum atomic E-state index is 12.7. The summed E-state index contributed by atoms with van der Waals surface area (Å²) in [6, 6.07) is 13.2. The van der Waals surface area contributed by atoms with Crippen LogP contribution in [0.2, 0.25) is 0 Å². The van der Waals surface area contributed by atoms with Gasteiger partial charge in [0.1, 0.15) is 6.04 Å². The smallest absolute Gasteiger partial charge is 0.269 e. The van der Waals surface area contributed by atoms with E-state index < -0.39 is 16.9 Å². The van der Waals surface area contributed by atoms with Crippen molar-refractivity contribution in [2.45, 2.75) is 18.9 Å². The Kier molecular flexibility index (Phi) is 4.47. The van der Waals surface area contributed by atoms with Crippen LogP contribution in [0.4, 0.5) is 5.69 Å². The van der Waals surface area contributed by atoms with Gasteiger partial charge in [-0.2, -0.15) is 0 Å². The van der Waals surface area contributed by atoms with Crippen molar-refractivity contribution >= 4 is 17.5 Å². The Bertz CT molecular complexity index is 832. The third kappa shape index (κ3) is 3.35. The highest BCUT2D eigenvalue weighted by Gasteiger charge is 2.34. The van der Waals surface area contributed by atoms with Gasteiger partial charge in [0.15, 0.2) is 0 Å². The largest absolute Gasteiger partial charge is 0.368 e. The molecule has 0 saturated carbocycles. The normalized spacial score (nSPS) is 16.2. The van der Waals surface area contributed by atoms with Crippen molar-refractivity contribution in [2.75, 3.05) is 6.54 Å². The number of hydrogen-bond donors (Lipinski definition) is 1. The lowest BCUT2D eigenvalue weighted by Gasteiger charge is -2.35. The summed E-state index contributed by atoms with van der Waals surface area (Å²) in [5.41, 5.74) is 7.84. The Balaban J connectivity index is 1.81. The third-order valence-corrected chi connectivity index (χ3v) is 4.31. The van der Waals surface area contributed by atoms with Crippen molar-refractivity contribution in [3.63, 3.8) is 0 Å². The van der Waals surface area contributed by atoms with Crippen LogP contribution in [0.5, 0.6) is 0 Å². The summed E-state index contributed by atoms with van der Waals surface area (Å²) in [7, 11) is 0. The molecule has 1 radical (unpaired) electrons. The Labute approximate surface area is 144 Å². The zero-order chi connectivity index (χ0) is 18.0. The number of carbonyl (C=O) groups excluding carboxylic acids is 2. The van der Waals surface area contributed by atoms with Crippen molar-refractivity contribution in [1.82, 2.24) is 4.90 Å². The number of nitro groups is 1. The number of fused-ring (bicyclic) bond motifs is 1. The monoisotopic (exact) mass is 338 g/mol. The van der Waals surface area contributed by atoms with Crippen molar-refractivity contribution in [3.8, 4) is 0 Å². The van der Waals surface area contributed by atoms with Crippen LogP contribution in [0, 0.1) is 16.2 Å². The molecule has 3 rings (SSSR count). The van der Waals surface area contributed by atoms with Gasteiger partial charge in [-0.15, -0.1) is 0 Å². The topological polar surface area (TPSA) is 107 Å². The van der Waals surface area contributed by atoms with Crippen LogP contribution in [0.15, 0.2) is 42.5 Å². The highest BCUT2D eigenvalue weighted by atomic mass is 16.6. The van der Waals surface area contributed by atoms with Gasteiger partial charge in [0, 0.05) is 18.7 Å². The number of hydrogen-bond acceptors (Lipinski definition) is 4. The van der Waals surface area contributed by atoms with Crippen LogP contribution < -0.4 is 5.73 Å². The summed E-state index contributed by atoms with van der Waals surface area (Å²) < 4.78 is 0. The molecule has 1 aliphatic heterocycles. The quantitative estimate of drug-likeness (QED) is 0.674. The van der Waals surface area contributed by atoms with Crippen molar-refractivity contribution in [2.24, 2.45) is 5.73 Å². The summed E-state index contributed by atoms with van der Waals surface area (Å²) >= 11 is 0. The molecular weight excluding hydrogens is 322 g/mol. The van der Waals surface area contributed by atoms with Crippen LogP contribution in [0.3, 0.4) is 0 Å². The molecule has 1 heterocycles. The molecule has 2 aromatic rings. The van der Waals surface area contributed by atoms with Crippen molar-refractivity contribution in [1.29, 1.82) is 0 Å². The van der Waals surface area contributed by atoms with Crippen LogP contribution >= 0.6 is 0 Å². The first-order chi connectivity index (χ1) is 12.0. The number of primary amides is 1. The minimum atomic E-state index is -0.802. The third-order valence-electron chi connectivity index (χ3n) is 4.31. The number of carbonyl (C=O) groups is 2. The summed E-state index contributed by atoms with van der Waals surface area (Å²) in [5.74, 6) is -0.819. The van der Waals surface area contributed by atoms with Gasteiger partial charge >= 0.3 is 0 Å². The predicted octanol–water partition coefficient (Wildman–Crippen LogP) is 1.55. The fraction of sp³-hybridized carbons (Fsp3) is 0.222. The maximum Gasteiger partial charge on any atom is 0.269 e. The van der Waals surface area contributed by atoms with Crippen LogP contribution in [-0.4, -0.2) is 28.2 Å². The Hall–Kier alpha value is -3.22. The summed E-state index contributed by atoms with van der Waals surface area (Å²) in [4.78, 5) is 36.3. The molecule has 0 aromatic heterocycles. The summed E-state index contributed by atoms with van der Waals surface area (Å²) in [6.07, 6.45) is 0.679. The van der Waals surface area contributed by atoms with Gasteiger partial charge in [0.05, 0.1) is 11.3 Å². The molecule has 25 heavy (non-hydrogen) atoms. The highest BCUT2D eigenvalue weighted by Crippen LogP contribution is 2.30. The van der Waals surface area contributed by atoms with E-state index in [0.717, 1.165) is 11.1 Å². The van der Waals surface area contributed by atoms with E-state index >= 15 is 0 Å². The molecular formula is C18H16N3O4. The molecule has 127 valence electrons. The van der Waals surface area contributed by atoms with E-state index in [4.69, 9.17) is 5.73 Å². The minimum absolute atomic E-state index is 0.0330. The number of amides is 2. The van der Waals surface area contributed by atoms with Crippen LogP contribution in [-0.2, 0) is 22.4 Å². The van der Waals surface area contributed by atoms with Crippen LogP contribution in [0.1, 0.15) is 22.7 Å². The number of nitrogens with zero attached hydrogens (tertiary/aromatic N) is 2. The van der Waals surface area contributed by atoms with E-state index in [9.17, 15) is 19.7 Å². The molecule has 2 aromatic carbocycles. The van der Waals surface area contributed by atoms with Gasteiger partial charge in [-0.05, 0) is 29.2 Å². The zero-order valence-electron chi connectivity index (χ0n) is 13.3. The van der Waals surface area contributed by atoms with Gasteiger partial charge in [-0.1, -0.05) is 30.3 Å². The fourth-order valence-electron chi connectivity index (χ4n) is 3.09. The van der Waals surface area contributed by atoms with Gasteiger partial charge in [-0.3, -0.25) is 19.7 Å². The molecule has 0 spiro atoms. The molecule has 0 bridgehead atoms. The standard InChI is InChI=1S/C18H16N3O4/c19-18(23)17-15-4-2-1-3-13(15)9-10-20(17)16(22)11-12-5-7-14(8-6-12)21(24)25/h2-8,17H,9-11H2,(H2,19,23). The molecule has 0 saturated heterocycles. The first kappa shape index (κ1) is 16.6. The number of non-ortho nitro benzene ring substituents is 1. The molecule has 7 heteroatoms. The van der Waals surface area contributed by atoms with E-state index in [0.29, 0.717) is 18.5 Å². The molecule has 7 nitrogen and oxygen atoms in total. The zero-order valence-corrected chi connectivity index (χ0v) is 13.3. The summed E-state index contributed by atoms with van der Waals surface area (Å²) in [5, 5.41) is 10.7. The average Bonchev–Trinajstić information content (AvgIpc) is 2.60. The molecule has 1 atom stereocenters. The summed E-state index contributed by atoms with van der Waals surface area (Å²) in [6.45, 7) is 0.393. The molecule has 1 aliphatic rings. The second-order valence-electron chi connectivity index (χ2n) is 5.87. The van der Waals surface area contributed by atoms with Crippen molar-refractivity contribution in [3.05, 3.63) is 75.3 Å². The number of rotatable bonds is 4. The van der Waals surface area contributed by atoms with E-state index in [1.54, 1.807) is 24.3 Å². The fourth-order valence-corrected chi connectivity index (χ4v) is 3.09. The first-order valence-electron chi connectivity index (χ1n) is 7.78. The second kappa shape index (κ2) is 6.72. The lowest BCUT2D eigenvalue weighted by molar-refractivity contribution is -0.384. The number of nitrogens with two attached hydrogens (primary N) is 1. The molecule has 0 fully saturated rings. The average molecular weight is 338 g/mol. The van der Waals surface area contributed by atoms with E-state index in [-0.39, 0.29) is 18.0 Å². The van der Waals surface area contributed by atoms with Gasteiger partial charge in [0.2, 0.25) is 11.8 Å². The lowest BCUT2D eigenvalue weighted by Crippen LogP contribution is -2.46. The van der Waals surface area contributed by atoms with Crippen molar-refractivity contribution < 1.29 is 14.5 Å². The molecule has 1 unspecified atom stereocenters. The predicted molar refractivity (Wildman–Crippen MR) is 89.4 cm³/mol. The minimum Gasteiger partial charge on any atom is -0.368 e. The molecule has 0 aliphatic carbocycles. The molecule has 2 amide bonds. The first-order valence-corrected chi connectivity index (χ1v) is 7.78. The Morgan fingerprint density at radius 2 is 2.00 bits per heavy atom.